The van der Waals surface area contributed by atoms with E-state index < -0.39 is 6.10 Å². The molecule has 0 aromatic heterocycles. The minimum atomic E-state index is -0.582. The van der Waals surface area contributed by atoms with Gasteiger partial charge in [0.2, 0.25) is 0 Å². The zero-order valence-corrected chi connectivity index (χ0v) is 7.90. The third-order valence-corrected chi connectivity index (χ3v) is 2.10. The molecule has 2 heteroatoms. The van der Waals surface area contributed by atoms with Gasteiger partial charge in [-0.05, 0) is 25.3 Å². The van der Waals surface area contributed by atoms with Crippen molar-refractivity contribution in [2.45, 2.75) is 25.9 Å². The fourth-order valence-electron chi connectivity index (χ4n) is 1.18. The molecule has 1 atom stereocenters. The van der Waals surface area contributed by atoms with Gasteiger partial charge in [0, 0.05) is 0 Å². The Morgan fingerprint density at radius 1 is 1.23 bits per heavy atom. The maximum absolute atomic E-state index is 9.12. The summed E-state index contributed by atoms with van der Waals surface area (Å²) in [6.45, 7) is 1.90. The first-order valence-electron chi connectivity index (χ1n) is 4.57. The van der Waals surface area contributed by atoms with Crippen LogP contribution in [0.1, 0.15) is 17.5 Å². The topological polar surface area (TPSA) is 40.5 Å². The van der Waals surface area contributed by atoms with Crippen molar-refractivity contribution in [2.24, 2.45) is 0 Å². The van der Waals surface area contributed by atoms with E-state index >= 15 is 0 Å². The highest BCUT2D eigenvalue weighted by molar-refractivity contribution is 5.21. The average Bonchev–Trinajstić information content (AvgIpc) is 2.16. The van der Waals surface area contributed by atoms with Gasteiger partial charge < -0.3 is 10.2 Å². The number of aryl methyl sites for hydroxylation is 2. The Bertz CT molecular complexity index is 241. The van der Waals surface area contributed by atoms with Crippen LogP contribution in [0.3, 0.4) is 0 Å². The van der Waals surface area contributed by atoms with Crippen molar-refractivity contribution < 1.29 is 10.2 Å². The maximum Gasteiger partial charge on any atom is 0.0774 e. The van der Waals surface area contributed by atoms with Gasteiger partial charge in [-0.3, -0.25) is 0 Å². The Morgan fingerprint density at radius 2 is 1.85 bits per heavy atom. The molecule has 0 saturated carbocycles. The Morgan fingerprint density at radius 3 is 2.38 bits per heavy atom. The molecule has 0 spiro atoms. The predicted octanol–water partition coefficient (Wildman–Crippen LogP) is 1.28. The van der Waals surface area contributed by atoms with Crippen LogP contribution in [0.15, 0.2) is 24.3 Å². The van der Waals surface area contributed by atoms with Crippen molar-refractivity contribution in [1.29, 1.82) is 0 Å². The van der Waals surface area contributed by atoms with Gasteiger partial charge in [-0.25, -0.2) is 0 Å². The predicted molar refractivity (Wildman–Crippen MR) is 52.6 cm³/mol. The van der Waals surface area contributed by atoms with E-state index in [0.717, 1.165) is 6.42 Å². The second-order valence-electron chi connectivity index (χ2n) is 3.36. The molecule has 1 aromatic rings. The van der Waals surface area contributed by atoms with Gasteiger partial charge in [0.05, 0.1) is 12.7 Å². The summed E-state index contributed by atoms with van der Waals surface area (Å²) in [6.07, 6.45) is 0.864. The summed E-state index contributed by atoms with van der Waals surface area (Å²) in [5.74, 6) is 0. The molecule has 0 aliphatic rings. The first-order valence-corrected chi connectivity index (χ1v) is 4.57. The zero-order valence-electron chi connectivity index (χ0n) is 7.90. The van der Waals surface area contributed by atoms with Crippen LogP contribution in [-0.4, -0.2) is 22.9 Å². The normalized spacial score (nSPS) is 12.8. The molecule has 0 heterocycles. The van der Waals surface area contributed by atoms with Crippen LogP contribution < -0.4 is 0 Å². The first-order chi connectivity index (χ1) is 6.22. The molecule has 0 aliphatic carbocycles. The maximum atomic E-state index is 9.12. The van der Waals surface area contributed by atoms with E-state index in [1.54, 1.807) is 0 Å². The Labute approximate surface area is 78.8 Å². The van der Waals surface area contributed by atoms with Crippen LogP contribution >= 0.6 is 0 Å². The van der Waals surface area contributed by atoms with Crippen molar-refractivity contribution in [2.75, 3.05) is 6.61 Å². The van der Waals surface area contributed by atoms with Gasteiger partial charge in [0.15, 0.2) is 0 Å². The highest BCUT2D eigenvalue weighted by Gasteiger charge is 2.01. The minimum Gasteiger partial charge on any atom is -0.394 e. The zero-order chi connectivity index (χ0) is 9.68. The number of hydrogen-bond acceptors (Lipinski definition) is 2. The summed E-state index contributed by atoms with van der Waals surface area (Å²) in [5.41, 5.74) is 2.45. The summed E-state index contributed by atoms with van der Waals surface area (Å²) in [6, 6.07) is 8.22. The summed E-state index contributed by atoms with van der Waals surface area (Å²) in [4.78, 5) is 0. The third kappa shape index (κ3) is 3.57. The molecule has 0 bridgehead atoms. The molecular weight excluding hydrogens is 164 g/mol. The van der Waals surface area contributed by atoms with E-state index in [1.165, 1.54) is 11.1 Å². The molecule has 0 amide bonds. The van der Waals surface area contributed by atoms with Crippen LogP contribution in [0.4, 0.5) is 0 Å². The minimum absolute atomic E-state index is 0.147. The van der Waals surface area contributed by atoms with Crippen molar-refractivity contribution >= 4 is 0 Å². The fourth-order valence-corrected chi connectivity index (χ4v) is 1.18. The highest BCUT2D eigenvalue weighted by Crippen LogP contribution is 2.07. The van der Waals surface area contributed by atoms with E-state index in [1.807, 2.05) is 6.92 Å². The van der Waals surface area contributed by atoms with Crippen molar-refractivity contribution in [3.63, 3.8) is 0 Å². The van der Waals surface area contributed by atoms with Crippen LogP contribution in [0, 0.1) is 6.92 Å². The number of benzene rings is 1. The monoisotopic (exact) mass is 180 g/mol. The number of aliphatic hydroxyl groups excluding tert-OH is 2. The summed E-state index contributed by atoms with van der Waals surface area (Å²) in [7, 11) is 0. The Balaban J connectivity index is 2.41. The smallest absolute Gasteiger partial charge is 0.0774 e. The standard InChI is InChI=1S/C11H16O2/c1-9-2-4-10(5-3-9)6-7-11(13)8-12/h2-5,11-13H,6-8H2,1H3. The largest absolute Gasteiger partial charge is 0.394 e. The number of aliphatic hydroxyl groups is 2. The van der Waals surface area contributed by atoms with Gasteiger partial charge in [-0.1, -0.05) is 29.8 Å². The molecule has 72 valence electrons. The van der Waals surface area contributed by atoms with Gasteiger partial charge in [-0.2, -0.15) is 0 Å². The quantitative estimate of drug-likeness (QED) is 0.732. The molecule has 0 saturated heterocycles. The SMILES string of the molecule is Cc1ccc(CCC(O)CO)cc1. The van der Waals surface area contributed by atoms with E-state index in [2.05, 4.69) is 24.3 Å². The summed E-state index contributed by atoms with van der Waals surface area (Å²) in [5, 5.41) is 17.7. The highest BCUT2D eigenvalue weighted by atomic mass is 16.3. The van der Waals surface area contributed by atoms with E-state index in [0.29, 0.717) is 6.42 Å². The lowest BCUT2D eigenvalue weighted by Gasteiger charge is -2.06. The number of rotatable bonds is 4. The van der Waals surface area contributed by atoms with Crippen molar-refractivity contribution in [3.8, 4) is 0 Å². The van der Waals surface area contributed by atoms with Crippen LogP contribution in [0.2, 0.25) is 0 Å². The van der Waals surface area contributed by atoms with Gasteiger partial charge >= 0.3 is 0 Å². The molecule has 2 N–H and O–H groups in total. The van der Waals surface area contributed by atoms with Gasteiger partial charge in [-0.15, -0.1) is 0 Å². The lowest BCUT2D eigenvalue weighted by atomic mass is 10.1. The number of hydrogen-bond donors (Lipinski definition) is 2. The molecule has 0 fully saturated rings. The summed E-state index contributed by atoms with van der Waals surface area (Å²) >= 11 is 0. The molecule has 13 heavy (non-hydrogen) atoms. The van der Waals surface area contributed by atoms with Crippen molar-refractivity contribution in [1.82, 2.24) is 0 Å². The van der Waals surface area contributed by atoms with E-state index in [-0.39, 0.29) is 6.61 Å². The van der Waals surface area contributed by atoms with E-state index in [4.69, 9.17) is 10.2 Å². The van der Waals surface area contributed by atoms with Crippen molar-refractivity contribution in [3.05, 3.63) is 35.4 Å². The molecule has 2 nitrogen and oxygen atoms in total. The van der Waals surface area contributed by atoms with Crippen LogP contribution in [0.5, 0.6) is 0 Å². The van der Waals surface area contributed by atoms with Crippen LogP contribution in [0.25, 0.3) is 0 Å². The molecular formula is C11H16O2. The second-order valence-corrected chi connectivity index (χ2v) is 3.36. The van der Waals surface area contributed by atoms with Gasteiger partial charge in [0.1, 0.15) is 0 Å². The second kappa shape index (κ2) is 5.00. The lowest BCUT2D eigenvalue weighted by molar-refractivity contribution is 0.0886. The Hall–Kier alpha value is -0.860. The fraction of sp³-hybridized carbons (Fsp3) is 0.455. The first kappa shape index (κ1) is 10.2. The molecule has 1 rings (SSSR count). The molecule has 1 aromatic carbocycles. The van der Waals surface area contributed by atoms with Gasteiger partial charge in [0.25, 0.3) is 0 Å². The third-order valence-electron chi connectivity index (χ3n) is 2.10. The van der Waals surface area contributed by atoms with E-state index in [9.17, 15) is 0 Å². The Kier molecular flexibility index (Phi) is 3.93. The molecule has 1 unspecified atom stereocenters. The van der Waals surface area contributed by atoms with Crippen LogP contribution in [-0.2, 0) is 6.42 Å². The lowest BCUT2D eigenvalue weighted by Crippen LogP contribution is -2.12. The molecule has 0 radical (unpaired) electrons. The molecule has 0 aliphatic heterocycles. The summed E-state index contributed by atoms with van der Waals surface area (Å²) < 4.78 is 0. The average molecular weight is 180 g/mol.